The predicted octanol–water partition coefficient (Wildman–Crippen LogP) is 4.14. The summed E-state index contributed by atoms with van der Waals surface area (Å²) in [6.45, 7) is 4.27. The first-order valence-corrected chi connectivity index (χ1v) is 8.76. The van der Waals surface area contributed by atoms with Gasteiger partial charge in [0.2, 0.25) is 0 Å². The van der Waals surface area contributed by atoms with Gasteiger partial charge in [-0.3, -0.25) is 4.90 Å². The molecule has 0 amide bonds. The van der Waals surface area contributed by atoms with E-state index >= 15 is 0 Å². The van der Waals surface area contributed by atoms with Gasteiger partial charge in [0.05, 0.1) is 3.79 Å². The Morgan fingerprint density at radius 1 is 1.05 bits per heavy atom. The Morgan fingerprint density at radius 3 is 2.42 bits per heavy atom. The lowest BCUT2D eigenvalue weighted by Gasteiger charge is -2.23. The maximum absolute atomic E-state index is 3.54. The van der Waals surface area contributed by atoms with Gasteiger partial charge < -0.3 is 4.90 Å². The van der Waals surface area contributed by atoms with Crippen molar-refractivity contribution < 1.29 is 0 Å². The van der Waals surface area contributed by atoms with E-state index in [9.17, 15) is 0 Å². The molecular weight excluding hydrogens is 340 g/mol. The lowest BCUT2D eigenvalue weighted by atomic mass is 10.3. The normalized spacial score (nSPS) is 11.6. The van der Waals surface area contributed by atoms with Gasteiger partial charge in [-0.2, -0.15) is 0 Å². The fraction of sp³-hybridized carbons (Fsp3) is 0.429. The Labute approximate surface area is 131 Å². The number of hydrogen-bond donors (Lipinski definition) is 0. The van der Waals surface area contributed by atoms with Crippen molar-refractivity contribution in [1.82, 2.24) is 9.80 Å². The molecule has 0 aromatic carbocycles. The van der Waals surface area contributed by atoms with Crippen LogP contribution in [0.4, 0.5) is 0 Å². The number of thiophene rings is 2. The van der Waals surface area contributed by atoms with Crippen molar-refractivity contribution in [2.75, 3.05) is 27.2 Å². The highest BCUT2D eigenvalue weighted by molar-refractivity contribution is 9.11. The highest BCUT2D eigenvalue weighted by Crippen LogP contribution is 2.24. The summed E-state index contributed by atoms with van der Waals surface area (Å²) >= 11 is 7.21. The van der Waals surface area contributed by atoms with Crippen molar-refractivity contribution in [3.05, 3.63) is 43.2 Å². The van der Waals surface area contributed by atoms with Crippen LogP contribution in [-0.2, 0) is 13.1 Å². The first kappa shape index (κ1) is 15.2. The molecule has 0 unspecified atom stereocenters. The molecule has 2 nitrogen and oxygen atoms in total. The molecule has 0 atom stereocenters. The third kappa shape index (κ3) is 5.36. The topological polar surface area (TPSA) is 6.48 Å². The average Bonchev–Trinajstić information content (AvgIpc) is 2.98. The lowest BCUT2D eigenvalue weighted by molar-refractivity contribution is 0.229. The minimum absolute atomic E-state index is 1.03. The summed E-state index contributed by atoms with van der Waals surface area (Å²) in [6, 6.07) is 8.70. The van der Waals surface area contributed by atoms with Crippen LogP contribution < -0.4 is 0 Å². The minimum atomic E-state index is 1.03. The molecule has 2 aromatic heterocycles. The molecule has 0 spiro atoms. The van der Waals surface area contributed by atoms with E-state index in [0.717, 1.165) is 26.2 Å². The Morgan fingerprint density at radius 2 is 1.84 bits per heavy atom. The number of hydrogen-bond acceptors (Lipinski definition) is 4. The van der Waals surface area contributed by atoms with E-state index in [2.05, 4.69) is 69.5 Å². The largest absolute Gasteiger partial charge is 0.308 e. The molecule has 5 heteroatoms. The zero-order valence-electron chi connectivity index (χ0n) is 11.3. The monoisotopic (exact) mass is 358 g/mol. The van der Waals surface area contributed by atoms with Gasteiger partial charge in [0.25, 0.3) is 0 Å². The summed E-state index contributed by atoms with van der Waals surface area (Å²) in [6.07, 6.45) is 0. The maximum atomic E-state index is 3.54. The van der Waals surface area contributed by atoms with Crippen LogP contribution in [0, 0.1) is 0 Å². The minimum Gasteiger partial charge on any atom is -0.308 e. The molecule has 0 saturated heterocycles. The Bertz CT molecular complexity index is 479. The molecule has 2 aromatic rings. The van der Waals surface area contributed by atoms with Crippen molar-refractivity contribution in [3.8, 4) is 0 Å². The van der Waals surface area contributed by atoms with Crippen molar-refractivity contribution in [3.63, 3.8) is 0 Å². The van der Waals surface area contributed by atoms with Crippen molar-refractivity contribution >= 4 is 38.6 Å². The zero-order valence-corrected chi connectivity index (χ0v) is 14.5. The standard InChI is InChI=1S/C14H19BrN2S2/c1-16(2)7-8-17(10-12-4-3-9-18-12)11-13-5-6-14(15)19-13/h3-6,9H,7-8,10-11H2,1-2H3. The van der Waals surface area contributed by atoms with Gasteiger partial charge >= 0.3 is 0 Å². The molecule has 0 aliphatic heterocycles. The van der Waals surface area contributed by atoms with Gasteiger partial charge in [0.1, 0.15) is 0 Å². The summed E-state index contributed by atoms with van der Waals surface area (Å²) in [7, 11) is 4.26. The SMILES string of the molecule is CN(C)CCN(Cc1cccs1)Cc1ccc(Br)s1. The number of rotatable bonds is 7. The first-order chi connectivity index (χ1) is 9.13. The fourth-order valence-electron chi connectivity index (χ4n) is 1.84. The number of halogens is 1. The lowest BCUT2D eigenvalue weighted by Crippen LogP contribution is -2.30. The maximum Gasteiger partial charge on any atom is 0.0701 e. The van der Waals surface area contributed by atoms with Crippen LogP contribution in [0.1, 0.15) is 9.75 Å². The second-order valence-electron chi connectivity index (χ2n) is 4.80. The Balaban J connectivity index is 1.96. The highest BCUT2D eigenvalue weighted by Gasteiger charge is 2.09. The molecule has 2 heterocycles. The molecule has 0 aliphatic rings. The van der Waals surface area contributed by atoms with E-state index in [0.29, 0.717) is 0 Å². The van der Waals surface area contributed by atoms with E-state index in [1.54, 1.807) is 0 Å². The van der Waals surface area contributed by atoms with Crippen LogP contribution in [0.25, 0.3) is 0 Å². The summed E-state index contributed by atoms with van der Waals surface area (Å²) < 4.78 is 1.21. The smallest absolute Gasteiger partial charge is 0.0701 e. The third-order valence-corrected chi connectivity index (χ3v) is 5.30. The summed E-state index contributed by atoms with van der Waals surface area (Å²) in [5.41, 5.74) is 0. The fourth-order valence-corrected chi connectivity index (χ4v) is 4.11. The van der Waals surface area contributed by atoms with Crippen LogP contribution in [0.2, 0.25) is 0 Å². The van der Waals surface area contributed by atoms with Crippen LogP contribution in [0.5, 0.6) is 0 Å². The average molecular weight is 359 g/mol. The van der Waals surface area contributed by atoms with Gasteiger partial charge in [-0.15, -0.1) is 22.7 Å². The highest BCUT2D eigenvalue weighted by atomic mass is 79.9. The second kappa shape index (κ2) is 7.55. The molecule has 19 heavy (non-hydrogen) atoms. The quantitative estimate of drug-likeness (QED) is 0.733. The molecule has 2 rings (SSSR count). The van der Waals surface area contributed by atoms with Crippen molar-refractivity contribution in [1.29, 1.82) is 0 Å². The zero-order chi connectivity index (χ0) is 13.7. The number of likely N-dealkylation sites (N-methyl/N-ethyl adjacent to an activating group) is 1. The van der Waals surface area contributed by atoms with Gasteiger partial charge in [0, 0.05) is 35.9 Å². The molecule has 104 valence electrons. The summed E-state index contributed by atoms with van der Waals surface area (Å²) in [5, 5.41) is 2.15. The van der Waals surface area contributed by atoms with E-state index in [1.165, 1.54) is 13.5 Å². The third-order valence-electron chi connectivity index (χ3n) is 2.83. The van der Waals surface area contributed by atoms with Crippen LogP contribution >= 0.6 is 38.6 Å². The first-order valence-electron chi connectivity index (χ1n) is 6.27. The Hall–Kier alpha value is -0.200. The predicted molar refractivity (Wildman–Crippen MR) is 89.0 cm³/mol. The van der Waals surface area contributed by atoms with Gasteiger partial charge in [-0.05, 0) is 53.6 Å². The summed E-state index contributed by atoms with van der Waals surface area (Å²) in [4.78, 5) is 7.62. The van der Waals surface area contributed by atoms with E-state index < -0.39 is 0 Å². The van der Waals surface area contributed by atoms with Crippen molar-refractivity contribution in [2.45, 2.75) is 13.1 Å². The molecule has 0 aliphatic carbocycles. The van der Waals surface area contributed by atoms with Gasteiger partial charge in [0.15, 0.2) is 0 Å². The van der Waals surface area contributed by atoms with E-state index in [1.807, 2.05) is 22.7 Å². The molecule has 0 fully saturated rings. The Kier molecular flexibility index (Phi) is 6.04. The van der Waals surface area contributed by atoms with Gasteiger partial charge in [-0.1, -0.05) is 6.07 Å². The van der Waals surface area contributed by atoms with E-state index in [-0.39, 0.29) is 0 Å². The summed E-state index contributed by atoms with van der Waals surface area (Å²) in [5.74, 6) is 0. The van der Waals surface area contributed by atoms with Crippen LogP contribution in [0.3, 0.4) is 0 Å². The molecular formula is C14H19BrN2S2. The molecule has 0 radical (unpaired) electrons. The van der Waals surface area contributed by atoms with Crippen molar-refractivity contribution in [2.24, 2.45) is 0 Å². The molecule has 0 bridgehead atoms. The molecule has 0 N–H and O–H groups in total. The van der Waals surface area contributed by atoms with Gasteiger partial charge in [-0.25, -0.2) is 0 Å². The van der Waals surface area contributed by atoms with Crippen LogP contribution in [-0.4, -0.2) is 37.0 Å². The second-order valence-corrected chi connectivity index (χ2v) is 8.38. The van der Waals surface area contributed by atoms with Crippen LogP contribution in [0.15, 0.2) is 33.4 Å². The molecule has 0 saturated carbocycles. The number of nitrogens with zero attached hydrogens (tertiary/aromatic N) is 2. The van der Waals surface area contributed by atoms with E-state index in [4.69, 9.17) is 0 Å².